The van der Waals surface area contributed by atoms with Crippen LogP contribution in [0.25, 0.3) is 22.3 Å². The van der Waals surface area contributed by atoms with E-state index < -0.39 is 11.2 Å². The number of hydrogen-bond donors (Lipinski definition) is 1. The molecule has 1 spiro atoms. The molecular weight excluding hydrogens is 631 g/mol. The standard InChI is InChI=1S/C39H45FN8O2/c1-24(2)47-23-42-33-21-32(44-36(35(33)47)43-31-10-13-41-22-30(31)40)26-8-9-29-34(18-26)48(28-19-27(20-28)45-14-4-3-5-15-45)38(50)39(29)11-16-46(17-12-39)37(49)25-6-7-25/h8-10,13,18,21-25,27-28H,3-7,11-12,14-17,19-20H2,1-2H3,(H,41,43,44). The molecule has 260 valence electrons. The van der Waals surface area contributed by atoms with Gasteiger partial charge in [0.1, 0.15) is 5.52 Å². The number of imidazole rings is 1. The van der Waals surface area contributed by atoms with Gasteiger partial charge in [0, 0.05) is 54.6 Å². The summed E-state index contributed by atoms with van der Waals surface area (Å²) < 4.78 is 16.9. The molecule has 10 nitrogen and oxygen atoms in total. The monoisotopic (exact) mass is 676 g/mol. The van der Waals surface area contributed by atoms with Crippen LogP contribution < -0.4 is 10.2 Å². The summed E-state index contributed by atoms with van der Waals surface area (Å²) in [7, 11) is 0. The minimum absolute atomic E-state index is 0.119. The molecule has 9 rings (SSSR count). The van der Waals surface area contributed by atoms with E-state index in [4.69, 9.17) is 9.97 Å². The summed E-state index contributed by atoms with van der Waals surface area (Å²) in [6.07, 6.45) is 13.6. The molecule has 2 amide bonds. The molecule has 6 heterocycles. The Kier molecular flexibility index (Phi) is 7.67. The summed E-state index contributed by atoms with van der Waals surface area (Å²) >= 11 is 0. The average Bonchev–Trinajstić information content (AvgIpc) is 3.83. The van der Waals surface area contributed by atoms with Crippen LogP contribution in [0.3, 0.4) is 0 Å². The van der Waals surface area contributed by atoms with Gasteiger partial charge >= 0.3 is 0 Å². The molecule has 50 heavy (non-hydrogen) atoms. The second-order valence-electron chi connectivity index (χ2n) is 15.4. The second-order valence-corrected chi connectivity index (χ2v) is 15.4. The number of nitrogens with zero attached hydrogens (tertiary/aromatic N) is 7. The van der Waals surface area contributed by atoms with Crippen molar-refractivity contribution in [3.05, 3.63) is 60.4 Å². The quantitative estimate of drug-likeness (QED) is 0.236. The molecule has 0 unspecified atom stereocenters. The zero-order chi connectivity index (χ0) is 34.1. The lowest BCUT2D eigenvalue weighted by Gasteiger charge is -2.48. The van der Waals surface area contributed by atoms with E-state index >= 15 is 0 Å². The fourth-order valence-electron chi connectivity index (χ4n) is 8.94. The first kappa shape index (κ1) is 31.6. The molecule has 0 radical (unpaired) electrons. The van der Waals surface area contributed by atoms with Crippen molar-refractivity contribution in [3.63, 3.8) is 0 Å². The number of aromatic nitrogens is 4. The van der Waals surface area contributed by atoms with Crippen LogP contribution in [0.4, 0.5) is 21.6 Å². The van der Waals surface area contributed by atoms with Gasteiger partial charge in [-0.05, 0) is 102 Å². The van der Waals surface area contributed by atoms with E-state index in [1.165, 1.54) is 25.5 Å². The second kappa shape index (κ2) is 12.1. The maximum atomic E-state index is 14.8. The van der Waals surface area contributed by atoms with E-state index in [2.05, 4.69) is 52.1 Å². The van der Waals surface area contributed by atoms with E-state index in [0.717, 1.165) is 66.6 Å². The van der Waals surface area contributed by atoms with Crippen LogP contribution in [0.5, 0.6) is 0 Å². The van der Waals surface area contributed by atoms with E-state index in [1.54, 1.807) is 18.6 Å². The molecule has 4 fully saturated rings. The van der Waals surface area contributed by atoms with Gasteiger partial charge in [0.05, 0.1) is 34.8 Å². The lowest BCUT2D eigenvalue weighted by Crippen LogP contribution is -2.58. The summed E-state index contributed by atoms with van der Waals surface area (Å²) in [5.74, 6) is 0.685. The van der Waals surface area contributed by atoms with Crippen molar-refractivity contribution in [2.45, 2.75) is 95.2 Å². The highest BCUT2D eigenvalue weighted by Crippen LogP contribution is 2.52. The minimum Gasteiger partial charge on any atom is -0.342 e. The van der Waals surface area contributed by atoms with Crippen molar-refractivity contribution in [1.82, 2.24) is 29.3 Å². The predicted molar refractivity (Wildman–Crippen MR) is 191 cm³/mol. The summed E-state index contributed by atoms with van der Waals surface area (Å²) in [6.45, 7) is 7.71. The number of benzene rings is 1. The number of fused-ring (bicyclic) bond motifs is 3. The van der Waals surface area contributed by atoms with Crippen molar-refractivity contribution >= 4 is 40.0 Å². The van der Waals surface area contributed by atoms with Crippen molar-refractivity contribution < 1.29 is 14.0 Å². The lowest BCUT2D eigenvalue weighted by atomic mass is 9.73. The van der Waals surface area contributed by atoms with E-state index in [9.17, 15) is 14.0 Å². The molecule has 1 aromatic carbocycles. The van der Waals surface area contributed by atoms with Gasteiger partial charge in [-0.1, -0.05) is 18.6 Å². The number of hydrogen-bond acceptors (Lipinski definition) is 7. The largest absolute Gasteiger partial charge is 0.342 e. The van der Waals surface area contributed by atoms with Gasteiger partial charge < -0.3 is 24.6 Å². The normalized spacial score (nSPS) is 23.5. The highest BCUT2D eigenvalue weighted by molar-refractivity contribution is 6.09. The van der Waals surface area contributed by atoms with E-state index in [1.807, 2.05) is 15.5 Å². The Morgan fingerprint density at radius 3 is 2.50 bits per heavy atom. The Morgan fingerprint density at radius 1 is 1.00 bits per heavy atom. The van der Waals surface area contributed by atoms with Gasteiger partial charge in [-0.2, -0.15) is 0 Å². The van der Waals surface area contributed by atoms with Gasteiger partial charge in [-0.15, -0.1) is 0 Å². The first-order valence-electron chi connectivity index (χ1n) is 18.6. The maximum absolute atomic E-state index is 14.8. The number of carbonyl (C=O) groups excluding carboxylic acids is 2. The number of piperidine rings is 2. The highest BCUT2D eigenvalue weighted by atomic mass is 19.1. The number of amides is 2. The molecule has 0 atom stereocenters. The Morgan fingerprint density at radius 2 is 1.78 bits per heavy atom. The topological polar surface area (TPSA) is 99.5 Å². The van der Waals surface area contributed by atoms with Gasteiger partial charge in [0.25, 0.3) is 0 Å². The van der Waals surface area contributed by atoms with Crippen molar-refractivity contribution in [2.75, 3.05) is 36.4 Å². The average molecular weight is 677 g/mol. The molecule has 4 aromatic rings. The molecule has 0 bridgehead atoms. The Hall–Kier alpha value is -4.38. The summed E-state index contributed by atoms with van der Waals surface area (Å²) in [5, 5.41) is 3.23. The molecule has 2 saturated carbocycles. The van der Waals surface area contributed by atoms with E-state index in [-0.39, 0.29) is 35.5 Å². The van der Waals surface area contributed by atoms with Gasteiger partial charge in [-0.3, -0.25) is 14.6 Å². The maximum Gasteiger partial charge on any atom is 0.238 e. The molecule has 2 saturated heterocycles. The van der Waals surface area contributed by atoms with Crippen LogP contribution in [-0.2, 0) is 15.0 Å². The van der Waals surface area contributed by atoms with Crippen molar-refractivity contribution in [1.29, 1.82) is 0 Å². The molecular formula is C39H45FN8O2. The summed E-state index contributed by atoms with van der Waals surface area (Å²) in [5.41, 5.74) is 4.84. The third-order valence-corrected chi connectivity index (χ3v) is 12.0. The molecule has 11 heteroatoms. The number of nitrogens with one attached hydrogen (secondary N) is 1. The van der Waals surface area contributed by atoms with Gasteiger partial charge in [-0.25, -0.2) is 14.4 Å². The zero-order valence-corrected chi connectivity index (χ0v) is 28.9. The van der Waals surface area contributed by atoms with Gasteiger partial charge in [0.15, 0.2) is 11.6 Å². The van der Waals surface area contributed by atoms with Crippen LogP contribution in [0.2, 0.25) is 0 Å². The van der Waals surface area contributed by atoms with Crippen molar-refractivity contribution in [2.24, 2.45) is 5.92 Å². The van der Waals surface area contributed by atoms with Crippen LogP contribution in [0.15, 0.2) is 49.1 Å². The number of halogens is 1. The molecule has 5 aliphatic rings. The zero-order valence-electron chi connectivity index (χ0n) is 28.9. The number of pyridine rings is 2. The summed E-state index contributed by atoms with van der Waals surface area (Å²) in [6, 6.07) is 10.7. The molecule has 3 aliphatic heterocycles. The third kappa shape index (κ3) is 5.18. The first-order valence-corrected chi connectivity index (χ1v) is 18.6. The first-order chi connectivity index (χ1) is 24.3. The smallest absolute Gasteiger partial charge is 0.238 e. The van der Waals surface area contributed by atoms with Crippen molar-refractivity contribution in [3.8, 4) is 11.3 Å². The third-order valence-electron chi connectivity index (χ3n) is 12.0. The van der Waals surface area contributed by atoms with Crippen LogP contribution in [-0.4, -0.2) is 79.4 Å². The SMILES string of the molecule is CC(C)n1cnc2cc(-c3ccc4c(c3)N(C3CC(N5CCCCC5)C3)C(=O)C43CCN(C(=O)C4CC4)CC3)nc(Nc3ccncc3F)c21. The van der Waals surface area contributed by atoms with Crippen LogP contribution in [0, 0.1) is 11.7 Å². The lowest BCUT2D eigenvalue weighted by molar-refractivity contribution is -0.137. The Balaban J connectivity index is 1.09. The minimum atomic E-state index is -0.622. The number of carbonyl (C=O) groups is 2. The number of anilines is 3. The van der Waals surface area contributed by atoms with Gasteiger partial charge in [0.2, 0.25) is 11.8 Å². The Bertz CT molecular complexity index is 1970. The number of rotatable bonds is 7. The van der Waals surface area contributed by atoms with Crippen LogP contribution in [0.1, 0.15) is 83.2 Å². The van der Waals surface area contributed by atoms with Crippen LogP contribution >= 0.6 is 0 Å². The highest BCUT2D eigenvalue weighted by Gasteiger charge is 2.56. The number of likely N-dealkylation sites (tertiary alicyclic amines) is 2. The van der Waals surface area contributed by atoms with E-state index in [0.29, 0.717) is 43.5 Å². The Labute approximate surface area is 292 Å². The predicted octanol–water partition coefficient (Wildman–Crippen LogP) is 6.59. The molecule has 2 aliphatic carbocycles. The fraction of sp³-hybridized carbons (Fsp3) is 0.513. The summed E-state index contributed by atoms with van der Waals surface area (Å²) in [4.78, 5) is 48.2. The fourth-order valence-corrected chi connectivity index (χ4v) is 8.94. The molecule has 3 aromatic heterocycles. The molecule has 1 N–H and O–H groups in total.